The van der Waals surface area contributed by atoms with E-state index in [1.807, 2.05) is 5.57 Å². The Kier molecular flexibility index (Phi) is 4.59. The summed E-state index contributed by atoms with van der Waals surface area (Å²) < 4.78 is 0. The van der Waals surface area contributed by atoms with Crippen LogP contribution in [0.15, 0.2) is 11.6 Å². The van der Waals surface area contributed by atoms with Crippen molar-refractivity contribution in [2.45, 2.75) is 119 Å². The number of rotatable bonds is 0. The second-order valence-electron chi connectivity index (χ2n) is 14.6. The Bertz CT molecular complexity index is 745. The van der Waals surface area contributed by atoms with Crippen LogP contribution in [0, 0.1) is 50.7 Å². The van der Waals surface area contributed by atoms with Gasteiger partial charge in [-0.2, -0.15) is 0 Å². The number of hydrogen-bond acceptors (Lipinski definition) is 1. The molecule has 170 valence electrons. The Morgan fingerprint density at radius 3 is 2.17 bits per heavy atom. The minimum absolute atomic E-state index is 0.0663. The molecule has 0 aliphatic heterocycles. The van der Waals surface area contributed by atoms with E-state index < -0.39 is 0 Å². The lowest BCUT2D eigenvalue weighted by Crippen LogP contribution is -2.61. The Labute approximate surface area is 186 Å². The van der Waals surface area contributed by atoms with Crippen molar-refractivity contribution in [3.63, 3.8) is 0 Å². The topological polar surface area (TPSA) is 20.2 Å². The summed E-state index contributed by atoms with van der Waals surface area (Å²) >= 11 is 0. The van der Waals surface area contributed by atoms with Crippen molar-refractivity contribution in [2.24, 2.45) is 50.7 Å². The molecule has 0 aromatic heterocycles. The van der Waals surface area contributed by atoms with E-state index in [9.17, 15) is 5.11 Å². The highest BCUT2D eigenvalue weighted by Gasteiger charge is 2.64. The molecule has 4 unspecified atom stereocenters. The van der Waals surface area contributed by atoms with Crippen LogP contribution < -0.4 is 0 Å². The maximum absolute atomic E-state index is 10.8. The summed E-state index contributed by atoms with van der Waals surface area (Å²) in [5, 5.41) is 10.8. The average Bonchev–Trinajstić information content (AvgIpc) is 2.65. The molecule has 30 heavy (non-hydrogen) atoms. The first-order valence-corrected chi connectivity index (χ1v) is 13.2. The lowest BCUT2D eigenvalue weighted by Gasteiger charge is -2.68. The first-order chi connectivity index (χ1) is 13.8. The van der Waals surface area contributed by atoms with Gasteiger partial charge in [-0.3, -0.25) is 0 Å². The molecule has 5 aliphatic rings. The Balaban J connectivity index is 1.52. The minimum atomic E-state index is -0.116. The van der Waals surface area contributed by atoms with E-state index in [4.69, 9.17) is 0 Å². The van der Waals surface area contributed by atoms with Gasteiger partial charge in [-0.25, -0.2) is 0 Å². The molecular formula is C29H48O. The molecule has 0 aromatic carbocycles. The largest absolute Gasteiger partial charge is 0.393 e. The summed E-state index contributed by atoms with van der Waals surface area (Å²) in [5.41, 5.74) is 3.89. The molecule has 0 amide bonds. The first-order valence-electron chi connectivity index (χ1n) is 13.2. The van der Waals surface area contributed by atoms with Gasteiger partial charge in [0.15, 0.2) is 0 Å². The first kappa shape index (κ1) is 21.5. The molecule has 1 heteroatoms. The van der Waals surface area contributed by atoms with E-state index in [0.717, 1.165) is 24.2 Å². The molecule has 0 aromatic rings. The van der Waals surface area contributed by atoms with Crippen molar-refractivity contribution in [1.29, 1.82) is 0 Å². The third-order valence-corrected chi connectivity index (χ3v) is 12.2. The second kappa shape index (κ2) is 6.39. The van der Waals surface area contributed by atoms with Gasteiger partial charge in [0.25, 0.3) is 0 Å². The van der Waals surface area contributed by atoms with E-state index in [-0.39, 0.29) is 11.5 Å². The van der Waals surface area contributed by atoms with Crippen molar-refractivity contribution in [3.8, 4) is 0 Å². The number of allylic oxidation sites excluding steroid dienone is 2. The predicted molar refractivity (Wildman–Crippen MR) is 126 cm³/mol. The molecule has 4 fully saturated rings. The van der Waals surface area contributed by atoms with Crippen LogP contribution in [-0.4, -0.2) is 11.2 Å². The summed E-state index contributed by atoms with van der Waals surface area (Å²) in [4.78, 5) is 0. The van der Waals surface area contributed by atoms with Gasteiger partial charge in [0.05, 0.1) is 6.10 Å². The van der Waals surface area contributed by atoms with E-state index in [1.54, 1.807) is 0 Å². The predicted octanol–water partition coefficient (Wildman–Crippen LogP) is 7.78. The van der Waals surface area contributed by atoms with E-state index in [1.165, 1.54) is 57.8 Å². The molecule has 1 nitrogen and oxygen atoms in total. The fourth-order valence-corrected chi connectivity index (χ4v) is 10.2. The number of aliphatic hydroxyl groups is 1. The molecule has 0 spiro atoms. The zero-order valence-corrected chi connectivity index (χ0v) is 21.0. The molecule has 1 N–H and O–H groups in total. The van der Waals surface area contributed by atoms with Crippen LogP contribution in [0.4, 0.5) is 0 Å². The van der Waals surface area contributed by atoms with Crippen molar-refractivity contribution in [1.82, 2.24) is 0 Å². The number of hydrogen-bond donors (Lipinski definition) is 1. The second-order valence-corrected chi connectivity index (χ2v) is 14.6. The van der Waals surface area contributed by atoms with Gasteiger partial charge in [-0.05, 0) is 115 Å². The summed E-state index contributed by atoms with van der Waals surface area (Å²) in [6, 6.07) is 0. The minimum Gasteiger partial charge on any atom is -0.393 e. The highest BCUT2D eigenvalue weighted by atomic mass is 16.3. The van der Waals surface area contributed by atoms with Gasteiger partial charge >= 0.3 is 0 Å². The monoisotopic (exact) mass is 412 g/mol. The van der Waals surface area contributed by atoms with E-state index >= 15 is 0 Å². The normalized spacial score (nSPS) is 54.1. The van der Waals surface area contributed by atoms with Gasteiger partial charge in [-0.15, -0.1) is 0 Å². The lowest BCUT2D eigenvalue weighted by molar-refractivity contribution is -0.185. The number of fused-ring (bicyclic) bond motifs is 7. The molecule has 0 saturated heterocycles. The molecule has 5 aliphatic carbocycles. The van der Waals surface area contributed by atoms with Crippen LogP contribution in [0.25, 0.3) is 0 Å². The Morgan fingerprint density at radius 2 is 1.43 bits per heavy atom. The third-order valence-electron chi connectivity index (χ3n) is 12.2. The van der Waals surface area contributed by atoms with Crippen LogP contribution in [0.1, 0.15) is 113 Å². The van der Waals surface area contributed by atoms with Gasteiger partial charge in [0, 0.05) is 0 Å². The fraction of sp³-hybridized carbons (Fsp3) is 0.931. The Morgan fingerprint density at radius 1 is 0.733 bits per heavy atom. The smallest absolute Gasteiger partial charge is 0.0594 e. The summed E-state index contributed by atoms with van der Waals surface area (Å²) in [6.07, 6.45) is 16.0. The van der Waals surface area contributed by atoms with Crippen molar-refractivity contribution in [3.05, 3.63) is 11.6 Å². The van der Waals surface area contributed by atoms with Crippen LogP contribution in [0.5, 0.6) is 0 Å². The van der Waals surface area contributed by atoms with Crippen LogP contribution in [-0.2, 0) is 0 Å². The molecule has 5 rings (SSSR count). The van der Waals surface area contributed by atoms with Crippen LogP contribution in [0.3, 0.4) is 0 Å². The quantitative estimate of drug-likeness (QED) is 0.403. The molecule has 8 atom stereocenters. The average molecular weight is 413 g/mol. The van der Waals surface area contributed by atoms with Crippen LogP contribution >= 0.6 is 0 Å². The molecule has 0 bridgehead atoms. The third kappa shape index (κ3) is 2.75. The van der Waals surface area contributed by atoms with Crippen molar-refractivity contribution >= 4 is 0 Å². The fourth-order valence-electron chi connectivity index (χ4n) is 10.2. The SMILES string of the molecule is CC1(C)CC[C@]2(C)CCC3C(=CCC4[C@@]3(C)CCC3C(C)(C)[C@@H](O)CC[C@@]34C)C2C1. The maximum atomic E-state index is 10.8. The lowest BCUT2D eigenvalue weighted by atomic mass is 9.37. The van der Waals surface area contributed by atoms with E-state index in [0.29, 0.717) is 27.6 Å². The van der Waals surface area contributed by atoms with E-state index in [2.05, 4.69) is 54.5 Å². The number of aliphatic hydroxyl groups excluding tert-OH is 1. The molecule has 0 heterocycles. The van der Waals surface area contributed by atoms with Crippen LogP contribution in [0.2, 0.25) is 0 Å². The Hall–Kier alpha value is -0.300. The molecule has 0 radical (unpaired) electrons. The molecular weight excluding hydrogens is 364 g/mol. The molecule has 4 saturated carbocycles. The summed E-state index contributed by atoms with van der Waals surface area (Å²) in [6.45, 7) is 17.7. The summed E-state index contributed by atoms with van der Waals surface area (Å²) in [5.74, 6) is 3.11. The van der Waals surface area contributed by atoms with Crippen molar-refractivity contribution < 1.29 is 5.11 Å². The summed E-state index contributed by atoms with van der Waals surface area (Å²) in [7, 11) is 0. The zero-order valence-electron chi connectivity index (χ0n) is 21.0. The zero-order chi connectivity index (χ0) is 21.7. The van der Waals surface area contributed by atoms with Gasteiger partial charge in [0.2, 0.25) is 0 Å². The standard InChI is InChI=1S/C29H48O/c1-25(2)16-17-27(5)13-10-20-19(21(27)18-25)8-9-23-28(20,6)14-11-22-26(3,4)24(30)12-15-29(22,23)7/h8,20-24,30H,9-18H2,1-7H3/t20?,21?,22?,23?,24-,27-,28-,29-/m0/s1. The van der Waals surface area contributed by atoms with Crippen molar-refractivity contribution in [2.75, 3.05) is 0 Å². The van der Waals surface area contributed by atoms with Gasteiger partial charge in [0.1, 0.15) is 0 Å². The van der Waals surface area contributed by atoms with Gasteiger partial charge in [-0.1, -0.05) is 60.1 Å². The maximum Gasteiger partial charge on any atom is 0.0594 e. The highest BCUT2D eigenvalue weighted by molar-refractivity contribution is 5.28. The highest BCUT2D eigenvalue weighted by Crippen LogP contribution is 2.71. The van der Waals surface area contributed by atoms with Gasteiger partial charge < -0.3 is 5.11 Å².